The molecule has 0 bridgehead atoms. The lowest BCUT2D eigenvalue weighted by Gasteiger charge is -2.16. The number of nitrogens with two attached hydrogens (primary N) is 1. The van der Waals surface area contributed by atoms with E-state index in [9.17, 15) is 8.42 Å². The number of hydrogen-bond acceptors (Lipinski definition) is 3. The van der Waals surface area contributed by atoms with Gasteiger partial charge in [0, 0.05) is 17.5 Å². The summed E-state index contributed by atoms with van der Waals surface area (Å²) < 4.78 is 27.0. The SMILES string of the molecule is C#CCC(CC)NS(=O)(=O)c1c(N)cc(Cl)cc1Cl. The van der Waals surface area contributed by atoms with Gasteiger partial charge in [-0.25, -0.2) is 13.1 Å². The molecule has 0 radical (unpaired) electrons. The molecule has 1 atom stereocenters. The highest BCUT2D eigenvalue weighted by Gasteiger charge is 2.24. The zero-order valence-electron chi connectivity index (χ0n) is 10.3. The average Bonchev–Trinajstić information content (AvgIpc) is 2.25. The lowest BCUT2D eigenvalue weighted by Crippen LogP contribution is -2.34. The van der Waals surface area contributed by atoms with Crippen molar-refractivity contribution in [2.24, 2.45) is 0 Å². The van der Waals surface area contributed by atoms with E-state index in [4.69, 9.17) is 35.4 Å². The van der Waals surface area contributed by atoms with Crippen molar-refractivity contribution in [1.82, 2.24) is 4.72 Å². The van der Waals surface area contributed by atoms with E-state index in [-0.39, 0.29) is 26.7 Å². The molecule has 0 saturated heterocycles. The third kappa shape index (κ3) is 4.02. The molecule has 19 heavy (non-hydrogen) atoms. The third-order valence-corrected chi connectivity index (χ3v) is 4.75. The average molecular weight is 321 g/mol. The van der Waals surface area contributed by atoms with Crippen LogP contribution in [0.1, 0.15) is 19.8 Å². The largest absolute Gasteiger partial charge is 0.398 e. The third-order valence-electron chi connectivity index (χ3n) is 2.48. The van der Waals surface area contributed by atoms with E-state index < -0.39 is 10.0 Å². The van der Waals surface area contributed by atoms with Gasteiger partial charge in [0.05, 0.1) is 10.7 Å². The second-order valence-electron chi connectivity index (χ2n) is 3.94. The molecule has 0 aliphatic carbocycles. The Morgan fingerprint density at radius 3 is 2.58 bits per heavy atom. The van der Waals surface area contributed by atoms with E-state index in [1.807, 2.05) is 6.92 Å². The van der Waals surface area contributed by atoms with Crippen molar-refractivity contribution >= 4 is 38.9 Å². The monoisotopic (exact) mass is 320 g/mol. The predicted octanol–water partition coefficient (Wildman–Crippen LogP) is 2.66. The van der Waals surface area contributed by atoms with Crippen molar-refractivity contribution in [2.45, 2.75) is 30.7 Å². The number of hydrogen-bond donors (Lipinski definition) is 2. The molecule has 0 heterocycles. The van der Waals surface area contributed by atoms with Crippen molar-refractivity contribution < 1.29 is 8.42 Å². The molecule has 104 valence electrons. The van der Waals surface area contributed by atoms with Gasteiger partial charge < -0.3 is 5.73 Å². The van der Waals surface area contributed by atoms with Gasteiger partial charge in [0.15, 0.2) is 0 Å². The maximum atomic E-state index is 12.2. The Hall–Kier alpha value is -0.930. The molecule has 0 amide bonds. The topological polar surface area (TPSA) is 72.2 Å². The Morgan fingerprint density at radius 1 is 1.47 bits per heavy atom. The fourth-order valence-corrected chi connectivity index (χ4v) is 3.86. The maximum Gasteiger partial charge on any atom is 0.244 e. The zero-order chi connectivity index (χ0) is 14.6. The van der Waals surface area contributed by atoms with Gasteiger partial charge in [-0.2, -0.15) is 0 Å². The van der Waals surface area contributed by atoms with Crippen LogP contribution in [0.15, 0.2) is 17.0 Å². The minimum atomic E-state index is -3.83. The number of terminal acetylenes is 1. The molecule has 0 aliphatic rings. The van der Waals surface area contributed by atoms with Crippen LogP contribution in [0.2, 0.25) is 10.0 Å². The summed E-state index contributed by atoms with van der Waals surface area (Å²) in [6.45, 7) is 1.83. The molecule has 0 aliphatic heterocycles. The molecule has 1 aromatic rings. The Kier molecular flexibility index (Phi) is 5.50. The fraction of sp³-hybridized carbons (Fsp3) is 0.333. The Morgan fingerprint density at radius 2 is 2.11 bits per heavy atom. The van der Waals surface area contributed by atoms with E-state index in [2.05, 4.69) is 10.6 Å². The van der Waals surface area contributed by atoms with Gasteiger partial charge in [-0.3, -0.25) is 0 Å². The first-order valence-corrected chi connectivity index (χ1v) is 7.76. The number of halogens is 2. The summed E-state index contributed by atoms with van der Waals surface area (Å²) in [5.74, 6) is 2.42. The highest BCUT2D eigenvalue weighted by Crippen LogP contribution is 2.31. The van der Waals surface area contributed by atoms with Gasteiger partial charge in [-0.05, 0) is 18.6 Å². The van der Waals surface area contributed by atoms with Crippen molar-refractivity contribution in [3.63, 3.8) is 0 Å². The first-order chi connectivity index (χ1) is 8.81. The minimum absolute atomic E-state index is 0.000519. The Bertz CT molecular complexity index is 586. The molecule has 1 aromatic carbocycles. The van der Waals surface area contributed by atoms with Crippen LogP contribution in [0, 0.1) is 12.3 Å². The van der Waals surface area contributed by atoms with Gasteiger partial charge in [-0.1, -0.05) is 30.1 Å². The van der Waals surface area contributed by atoms with Crippen molar-refractivity contribution in [2.75, 3.05) is 5.73 Å². The summed E-state index contributed by atoms with van der Waals surface area (Å²) in [5, 5.41) is 0.255. The predicted molar refractivity (Wildman–Crippen MR) is 78.7 cm³/mol. The molecular formula is C12H14Cl2N2O2S. The van der Waals surface area contributed by atoms with Gasteiger partial charge in [0.2, 0.25) is 10.0 Å². The summed E-state index contributed by atoms with van der Waals surface area (Å²) in [6, 6.07) is 2.31. The molecule has 0 fully saturated rings. The first-order valence-electron chi connectivity index (χ1n) is 5.52. The second-order valence-corrected chi connectivity index (χ2v) is 6.44. The van der Waals surface area contributed by atoms with Crippen LogP contribution in [-0.2, 0) is 10.0 Å². The molecule has 7 heteroatoms. The number of sulfonamides is 1. The molecule has 4 nitrogen and oxygen atoms in total. The molecule has 3 N–H and O–H groups in total. The van der Waals surface area contributed by atoms with E-state index in [1.165, 1.54) is 12.1 Å². The maximum absolute atomic E-state index is 12.2. The molecule has 0 aromatic heterocycles. The molecule has 0 saturated carbocycles. The zero-order valence-corrected chi connectivity index (χ0v) is 12.6. The van der Waals surface area contributed by atoms with Gasteiger partial charge in [-0.15, -0.1) is 12.3 Å². The molecular weight excluding hydrogens is 307 g/mol. The summed E-state index contributed by atoms with van der Waals surface area (Å²) in [6.07, 6.45) is 6.05. The lowest BCUT2D eigenvalue weighted by atomic mass is 10.2. The number of benzene rings is 1. The summed E-state index contributed by atoms with van der Waals surface area (Å²) >= 11 is 11.6. The summed E-state index contributed by atoms with van der Waals surface area (Å²) in [7, 11) is -3.83. The fourth-order valence-electron chi connectivity index (χ4n) is 1.55. The van der Waals surface area contributed by atoms with Gasteiger partial charge in [0.25, 0.3) is 0 Å². The smallest absolute Gasteiger partial charge is 0.244 e. The van der Waals surface area contributed by atoms with Gasteiger partial charge in [0.1, 0.15) is 4.90 Å². The minimum Gasteiger partial charge on any atom is -0.398 e. The highest BCUT2D eigenvalue weighted by atomic mass is 35.5. The number of nitrogens with one attached hydrogen (secondary N) is 1. The Balaban J connectivity index is 3.18. The second kappa shape index (κ2) is 6.49. The number of rotatable bonds is 5. The van der Waals surface area contributed by atoms with E-state index >= 15 is 0 Å². The molecule has 1 rings (SSSR count). The Labute approximate surface area is 123 Å². The van der Waals surface area contributed by atoms with Crippen LogP contribution >= 0.6 is 23.2 Å². The highest BCUT2D eigenvalue weighted by molar-refractivity contribution is 7.89. The van der Waals surface area contributed by atoms with E-state index in [0.29, 0.717) is 12.8 Å². The quantitative estimate of drug-likeness (QED) is 0.647. The van der Waals surface area contributed by atoms with Crippen LogP contribution in [0.5, 0.6) is 0 Å². The van der Waals surface area contributed by atoms with Crippen molar-refractivity contribution in [3.05, 3.63) is 22.2 Å². The number of nitrogen functional groups attached to an aromatic ring is 1. The summed E-state index contributed by atoms with van der Waals surface area (Å²) in [4.78, 5) is -0.172. The van der Waals surface area contributed by atoms with Crippen molar-refractivity contribution in [1.29, 1.82) is 0 Å². The molecule has 0 spiro atoms. The van der Waals surface area contributed by atoms with Crippen LogP contribution in [0.3, 0.4) is 0 Å². The van der Waals surface area contributed by atoms with E-state index in [0.717, 1.165) is 0 Å². The normalized spacial score (nSPS) is 12.9. The van der Waals surface area contributed by atoms with Crippen LogP contribution in [0.25, 0.3) is 0 Å². The van der Waals surface area contributed by atoms with Crippen LogP contribution in [-0.4, -0.2) is 14.5 Å². The van der Waals surface area contributed by atoms with Crippen molar-refractivity contribution in [3.8, 4) is 12.3 Å². The lowest BCUT2D eigenvalue weighted by molar-refractivity contribution is 0.544. The number of anilines is 1. The first kappa shape index (κ1) is 16.1. The van der Waals surface area contributed by atoms with Gasteiger partial charge >= 0.3 is 0 Å². The standard InChI is InChI=1S/C12H14Cl2N2O2S/c1-3-5-9(4-2)16-19(17,18)12-10(14)6-8(13)7-11(12)15/h1,6-7,9,16H,4-5,15H2,2H3. The van der Waals surface area contributed by atoms with E-state index in [1.54, 1.807) is 0 Å². The summed E-state index contributed by atoms with van der Waals surface area (Å²) in [5.41, 5.74) is 5.67. The van der Waals surface area contributed by atoms with Crippen LogP contribution in [0.4, 0.5) is 5.69 Å². The molecule has 1 unspecified atom stereocenters. The van der Waals surface area contributed by atoms with Crippen LogP contribution < -0.4 is 10.5 Å².